The molecule has 6 heteroatoms. The summed E-state index contributed by atoms with van der Waals surface area (Å²) in [4.78, 5) is 24.3. The number of fused-ring (bicyclic) bond motifs is 1. The molecule has 0 atom stereocenters. The van der Waals surface area contributed by atoms with E-state index in [2.05, 4.69) is 5.32 Å². The number of anilines is 1. The summed E-state index contributed by atoms with van der Waals surface area (Å²) >= 11 is 0. The van der Waals surface area contributed by atoms with Crippen LogP contribution in [0.1, 0.15) is 23.6 Å². The predicted octanol–water partition coefficient (Wildman–Crippen LogP) is 4.17. The molecule has 3 rings (SSSR count). The molecule has 1 amide bonds. The highest BCUT2D eigenvalue weighted by molar-refractivity contribution is 5.94. The lowest BCUT2D eigenvalue weighted by Crippen LogP contribution is -2.22. The number of carbonyl (C=O) groups excluding carboxylic acids is 2. The van der Waals surface area contributed by atoms with Gasteiger partial charge < -0.3 is 19.2 Å². The SMILES string of the molecule is CCOc1ccccc1NC(=O)COC(=O)Cc1coc2cc(C)c(C)cc12. The molecule has 1 heterocycles. The molecule has 6 nitrogen and oxygen atoms in total. The van der Waals surface area contributed by atoms with Gasteiger partial charge in [0.1, 0.15) is 11.3 Å². The van der Waals surface area contributed by atoms with Crippen molar-refractivity contribution in [3.63, 3.8) is 0 Å². The summed E-state index contributed by atoms with van der Waals surface area (Å²) in [6, 6.07) is 11.0. The Morgan fingerprint density at radius 3 is 2.64 bits per heavy atom. The largest absolute Gasteiger partial charge is 0.492 e. The van der Waals surface area contributed by atoms with Gasteiger partial charge in [0.25, 0.3) is 5.91 Å². The van der Waals surface area contributed by atoms with Crippen LogP contribution in [0, 0.1) is 13.8 Å². The van der Waals surface area contributed by atoms with Gasteiger partial charge in [0.2, 0.25) is 0 Å². The third-order valence-corrected chi connectivity index (χ3v) is 4.43. The Labute approximate surface area is 163 Å². The second-order valence-corrected chi connectivity index (χ2v) is 6.51. The fraction of sp³-hybridized carbons (Fsp3) is 0.273. The number of para-hydroxylation sites is 2. The first-order valence-electron chi connectivity index (χ1n) is 9.12. The summed E-state index contributed by atoms with van der Waals surface area (Å²) in [5.74, 6) is -0.349. The van der Waals surface area contributed by atoms with Crippen LogP contribution in [0.4, 0.5) is 5.69 Å². The van der Waals surface area contributed by atoms with Gasteiger partial charge in [-0.15, -0.1) is 0 Å². The van der Waals surface area contributed by atoms with Crippen molar-refractivity contribution in [1.29, 1.82) is 0 Å². The highest BCUT2D eigenvalue weighted by Crippen LogP contribution is 2.26. The van der Waals surface area contributed by atoms with Crippen molar-refractivity contribution < 1.29 is 23.5 Å². The van der Waals surface area contributed by atoms with Gasteiger partial charge >= 0.3 is 5.97 Å². The summed E-state index contributed by atoms with van der Waals surface area (Å²) in [7, 11) is 0. The Hall–Kier alpha value is -3.28. The molecule has 0 aliphatic heterocycles. The number of carbonyl (C=O) groups is 2. The van der Waals surface area contributed by atoms with E-state index < -0.39 is 11.9 Å². The molecule has 1 N–H and O–H groups in total. The van der Waals surface area contributed by atoms with E-state index in [1.54, 1.807) is 24.5 Å². The summed E-state index contributed by atoms with van der Waals surface area (Å²) < 4.78 is 16.1. The first-order valence-corrected chi connectivity index (χ1v) is 9.12. The predicted molar refractivity (Wildman–Crippen MR) is 107 cm³/mol. The summed E-state index contributed by atoms with van der Waals surface area (Å²) in [5.41, 5.74) is 4.26. The molecule has 0 aliphatic carbocycles. The van der Waals surface area contributed by atoms with Gasteiger partial charge in [-0.05, 0) is 56.2 Å². The number of amides is 1. The minimum absolute atomic E-state index is 0.0400. The van der Waals surface area contributed by atoms with Gasteiger partial charge in [-0.1, -0.05) is 12.1 Å². The molecule has 0 fully saturated rings. The van der Waals surface area contributed by atoms with E-state index in [9.17, 15) is 9.59 Å². The number of esters is 1. The number of furan rings is 1. The zero-order valence-electron chi connectivity index (χ0n) is 16.2. The Morgan fingerprint density at radius 1 is 1.11 bits per heavy atom. The monoisotopic (exact) mass is 381 g/mol. The smallest absolute Gasteiger partial charge is 0.310 e. The van der Waals surface area contributed by atoms with E-state index >= 15 is 0 Å². The van der Waals surface area contributed by atoms with Gasteiger partial charge in [-0.25, -0.2) is 0 Å². The number of rotatable bonds is 7. The van der Waals surface area contributed by atoms with Gasteiger partial charge in [0.15, 0.2) is 6.61 Å². The first kappa shape index (κ1) is 19.5. The van der Waals surface area contributed by atoms with Gasteiger partial charge in [-0.3, -0.25) is 9.59 Å². The Bertz CT molecular complexity index is 1010. The zero-order chi connectivity index (χ0) is 20.1. The van der Waals surface area contributed by atoms with Crippen LogP contribution >= 0.6 is 0 Å². The molecule has 0 unspecified atom stereocenters. The van der Waals surface area contributed by atoms with Crippen LogP contribution in [0.3, 0.4) is 0 Å². The molecule has 0 spiro atoms. The van der Waals surface area contributed by atoms with Crippen LogP contribution in [0.25, 0.3) is 11.0 Å². The standard InChI is InChI=1S/C22H23NO5/c1-4-26-19-8-6-5-7-18(19)23-21(24)13-28-22(25)11-16-12-27-20-10-15(3)14(2)9-17(16)20/h5-10,12H,4,11,13H2,1-3H3,(H,23,24). The van der Waals surface area contributed by atoms with Gasteiger partial charge in [0, 0.05) is 10.9 Å². The van der Waals surface area contributed by atoms with E-state index in [0.717, 1.165) is 27.7 Å². The van der Waals surface area contributed by atoms with Crippen molar-refractivity contribution in [3.05, 3.63) is 59.4 Å². The molecule has 0 aliphatic rings. The number of hydrogen-bond donors (Lipinski definition) is 1. The molecule has 0 bridgehead atoms. The van der Waals surface area contributed by atoms with Crippen LogP contribution < -0.4 is 10.1 Å². The normalized spacial score (nSPS) is 10.7. The van der Waals surface area contributed by atoms with E-state index in [1.165, 1.54) is 0 Å². The molecule has 146 valence electrons. The van der Waals surface area contributed by atoms with Crippen LogP contribution in [-0.2, 0) is 20.7 Å². The molecule has 1 aromatic heterocycles. The lowest BCUT2D eigenvalue weighted by Gasteiger charge is -2.11. The first-order chi connectivity index (χ1) is 13.5. The Balaban J connectivity index is 1.57. The van der Waals surface area contributed by atoms with Crippen molar-refractivity contribution >= 4 is 28.5 Å². The second-order valence-electron chi connectivity index (χ2n) is 6.51. The average Bonchev–Trinajstić information content (AvgIpc) is 3.04. The lowest BCUT2D eigenvalue weighted by molar-refractivity contribution is -0.146. The maximum absolute atomic E-state index is 12.2. The van der Waals surface area contributed by atoms with Crippen LogP contribution in [0.2, 0.25) is 0 Å². The van der Waals surface area contributed by atoms with Crippen LogP contribution in [0.15, 0.2) is 47.1 Å². The number of benzene rings is 2. The molecule has 0 saturated carbocycles. The quantitative estimate of drug-likeness (QED) is 0.622. The van der Waals surface area contributed by atoms with Crippen molar-refractivity contribution in [2.45, 2.75) is 27.2 Å². The fourth-order valence-electron chi connectivity index (χ4n) is 2.86. The Morgan fingerprint density at radius 2 is 1.86 bits per heavy atom. The minimum Gasteiger partial charge on any atom is -0.492 e. The maximum atomic E-state index is 12.2. The van der Waals surface area contributed by atoms with Crippen molar-refractivity contribution in [2.75, 3.05) is 18.5 Å². The average molecular weight is 381 g/mol. The third kappa shape index (κ3) is 4.52. The van der Waals surface area contributed by atoms with Crippen LogP contribution in [-0.4, -0.2) is 25.1 Å². The zero-order valence-corrected chi connectivity index (χ0v) is 16.2. The summed E-state index contributed by atoms with van der Waals surface area (Å²) in [6.07, 6.45) is 1.60. The molecule has 0 radical (unpaired) electrons. The summed E-state index contributed by atoms with van der Waals surface area (Å²) in [5, 5.41) is 3.58. The van der Waals surface area contributed by atoms with Crippen molar-refractivity contribution in [2.24, 2.45) is 0 Å². The highest BCUT2D eigenvalue weighted by Gasteiger charge is 2.15. The molecule has 0 saturated heterocycles. The third-order valence-electron chi connectivity index (χ3n) is 4.43. The molecule has 28 heavy (non-hydrogen) atoms. The van der Waals surface area contributed by atoms with E-state index in [-0.39, 0.29) is 13.0 Å². The highest BCUT2D eigenvalue weighted by atomic mass is 16.5. The Kier molecular flexibility index (Phi) is 5.99. The minimum atomic E-state index is -0.492. The molecular weight excluding hydrogens is 358 g/mol. The van der Waals surface area contributed by atoms with Gasteiger partial charge in [-0.2, -0.15) is 0 Å². The molecule has 3 aromatic rings. The number of hydrogen-bond acceptors (Lipinski definition) is 5. The number of ether oxygens (including phenoxy) is 2. The molecular formula is C22H23NO5. The summed E-state index contributed by atoms with van der Waals surface area (Å²) in [6.45, 7) is 6.00. The van der Waals surface area contributed by atoms with E-state index in [0.29, 0.717) is 18.0 Å². The lowest BCUT2D eigenvalue weighted by atomic mass is 10.0. The van der Waals surface area contributed by atoms with E-state index in [1.807, 2.05) is 39.0 Å². The van der Waals surface area contributed by atoms with Crippen molar-refractivity contribution in [3.8, 4) is 5.75 Å². The maximum Gasteiger partial charge on any atom is 0.310 e. The number of aryl methyl sites for hydroxylation is 2. The fourth-order valence-corrected chi connectivity index (χ4v) is 2.86. The topological polar surface area (TPSA) is 77.8 Å². The number of nitrogens with one attached hydrogen (secondary N) is 1. The van der Waals surface area contributed by atoms with Crippen LogP contribution in [0.5, 0.6) is 5.75 Å². The second kappa shape index (κ2) is 8.61. The van der Waals surface area contributed by atoms with Gasteiger partial charge in [0.05, 0.1) is 25.0 Å². The van der Waals surface area contributed by atoms with E-state index in [4.69, 9.17) is 13.9 Å². The molecule has 2 aromatic carbocycles. The van der Waals surface area contributed by atoms with Crippen molar-refractivity contribution in [1.82, 2.24) is 0 Å².